The summed E-state index contributed by atoms with van der Waals surface area (Å²) < 4.78 is 5.12. The molecule has 0 spiro atoms. The standard InChI is InChI=1S/C18H19NO3/c20-13-17(12-11-15-7-3-1-4-8-15)19-18(21)22-14-16-9-5-2-6-10-16/h1-12,17,20H,13-14H2,(H,19,21)/b12-11+/t17-/m1/s1. The van der Waals surface area contributed by atoms with Crippen molar-refractivity contribution in [3.8, 4) is 0 Å². The van der Waals surface area contributed by atoms with Crippen LogP contribution in [0.2, 0.25) is 0 Å². The summed E-state index contributed by atoms with van der Waals surface area (Å²) in [5.41, 5.74) is 1.92. The van der Waals surface area contributed by atoms with Crippen LogP contribution in [0.4, 0.5) is 4.79 Å². The molecule has 1 atom stereocenters. The van der Waals surface area contributed by atoms with E-state index in [9.17, 15) is 9.90 Å². The Balaban J connectivity index is 1.82. The summed E-state index contributed by atoms with van der Waals surface area (Å²) in [4.78, 5) is 11.7. The Kier molecular flexibility index (Phi) is 6.20. The van der Waals surface area contributed by atoms with Gasteiger partial charge in [-0.05, 0) is 11.1 Å². The largest absolute Gasteiger partial charge is 0.445 e. The topological polar surface area (TPSA) is 58.6 Å². The third-order valence-electron chi connectivity index (χ3n) is 3.03. The van der Waals surface area contributed by atoms with Gasteiger partial charge < -0.3 is 15.2 Å². The zero-order valence-electron chi connectivity index (χ0n) is 12.2. The number of aliphatic hydroxyl groups excluding tert-OH is 1. The Labute approximate surface area is 130 Å². The van der Waals surface area contributed by atoms with Crippen LogP contribution in [0, 0.1) is 0 Å². The average molecular weight is 297 g/mol. The van der Waals surface area contributed by atoms with Crippen molar-refractivity contribution in [3.63, 3.8) is 0 Å². The first kappa shape index (κ1) is 15.8. The molecule has 22 heavy (non-hydrogen) atoms. The molecule has 0 aliphatic heterocycles. The van der Waals surface area contributed by atoms with Gasteiger partial charge in [-0.15, -0.1) is 0 Å². The summed E-state index contributed by atoms with van der Waals surface area (Å²) in [6, 6.07) is 18.6. The van der Waals surface area contributed by atoms with Crippen molar-refractivity contribution in [2.24, 2.45) is 0 Å². The van der Waals surface area contributed by atoms with E-state index in [0.29, 0.717) is 0 Å². The van der Waals surface area contributed by atoms with Crippen LogP contribution in [0.15, 0.2) is 66.7 Å². The molecule has 2 aromatic rings. The zero-order chi connectivity index (χ0) is 15.6. The molecule has 2 rings (SSSR count). The highest BCUT2D eigenvalue weighted by Gasteiger charge is 2.09. The van der Waals surface area contributed by atoms with Crippen molar-refractivity contribution in [3.05, 3.63) is 77.9 Å². The average Bonchev–Trinajstić information content (AvgIpc) is 2.58. The fraction of sp³-hybridized carbons (Fsp3) is 0.167. The lowest BCUT2D eigenvalue weighted by Gasteiger charge is -2.12. The van der Waals surface area contributed by atoms with E-state index in [2.05, 4.69) is 5.32 Å². The number of hydrogen-bond donors (Lipinski definition) is 2. The van der Waals surface area contributed by atoms with E-state index in [1.807, 2.05) is 66.7 Å². The van der Waals surface area contributed by atoms with Gasteiger partial charge in [-0.3, -0.25) is 0 Å². The van der Waals surface area contributed by atoms with Crippen LogP contribution >= 0.6 is 0 Å². The number of carbonyl (C=O) groups excluding carboxylic acids is 1. The minimum atomic E-state index is -0.555. The first-order valence-corrected chi connectivity index (χ1v) is 7.09. The van der Waals surface area contributed by atoms with Crippen LogP contribution in [0.3, 0.4) is 0 Å². The summed E-state index contributed by atoms with van der Waals surface area (Å²) in [6.45, 7) is 0.0109. The maximum Gasteiger partial charge on any atom is 0.408 e. The highest BCUT2D eigenvalue weighted by Crippen LogP contribution is 2.03. The molecule has 0 heterocycles. The molecule has 0 bridgehead atoms. The Morgan fingerprint density at radius 1 is 1.09 bits per heavy atom. The van der Waals surface area contributed by atoms with Crippen molar-refractivity contribution in [1.29, 1.82) is 0 Å². The summed E-state index contributed by atoms with van der Waals surface area (Å²) in [5.74, 6) is 0. The molecule has 0 fully saturated rings. The van der Waals surface area contributed by atoms with E-state index in [1.165, 1.54) is 0 Å². The Morgan fingerprint density at radius 2 is 1.73 bits per heavy atom. The lowest BCUT2D eigenvalue weighted by atomic mass is 10.2. The fourth-order valence-corrected chi connectivity index (χ4v) is 1.86. The van der Waals surface area contributed by atoms with Crippen molar-refractivity contribution in [1.82, 2.24) is 5.32 Å². The van der Waals surface area contributed by atoms with Crippen molar-refractivity contribution in [2.75, 3.05) is 6.61 Å². The van der Waals surface area contributed by atoms with Gasteiger partial charge in [0.15, 0.2) is 0 Å². The quantitative estimate of drug-likeness (QED) is 0.861. The summed E-state index contributed by atoms with van der Waals surface area (Å²) in [5, 5.41) is 11.9. The molecule has 0 saturated carbocycles. The lowest BCUT2D eigenvalue weighted by molar-refractivity contribution is 0.133. The van der Waals surface area contributed by atoms with Crippen LogP contribution in [-0.2, 0) is 11.3 Å². The second-order valence-corrected chi connectivity index (χ2v) is 4.76. The van der Waals surface area contributed by atoms with E-state index in [4.69, 9.17) is 4.74 Å². The number of alkyl carbamates (subject to hydrolysis) is 1. The number of nitrogens with one attached hydrogen (secondary N) is 1. The van der Waals surface area contributed by atoms with Gasteiger partial charge in [0, 0.05) is 0 Å². The van der Waals surface area contributed by atoms with Crippen LogP contribution in [0.5, 0.6) is 0 Å². The maximum absolute atomic E-state index is 11.7. The number of aliphatic hydroxyl groups is 1. The lowest BCUT2D eigenvalue weighted by Crippen LogP contribution is -2.36. The van der Waals surface area contributed by atoms with E-state index >= 15 is 0 Å². The van der Waals surface area contributed by atoms with Crippen molar-refractivity contribution in [2.45, 2.75) is 12.6 Å². The van der Waals surface area contributed by atoms with Gasteiger partial charge in [0.05, 0.1) is 12.6 Å². The molecule has 0 aromatic heterocycles. The number of ether oxygens (including phenoxy) is 1. The number of amides is 1. The third kappa shape index (κ3) is 5.42. The molecule has 0 unspecified atom stereocenters. The Morgan fingerprint density at radius 3 is 2.36 bits per heavy atom. The van der Waals surface area contributed by atoms with E-state index in [-0.39, 0.29) is 13.2 Å². The van der Waals surface area contributed by atoms with Gasteiger partial charge >= 0.3 is 6.09 Å². The van der Waals surface area contributed by atoms with Crippen LogP contribution in [-0.4, -0.2) is 23.8 Å². The normalized spacial score (nSPS) is 12.0. The van der Waals surface area contributed by atoms with Crippen LogP contribution in [0.25, 0.3) is 6.08 Å². The van der Waals surface area contributed by atoms with Gasteiger partial charge in [-0.25, -0.2) is 4.79 Å². The van der Waals surface area contributed by atoms with Gasteiger partial charge in [-0.2, -0.15) is 0 Å². The molecule has 2 aromatic carbocycles. The molecule has 2 N–H and O–H groups in total. The number of hydrogen-bond acceptors (Lipinski definition) is 3. The maximum atomic E-state index is 11.7. The summed E-state index contributed by atoms with van der Waals surface area (Å²) in [6.07, 6.45) is 3.03. The van der Waals surface area contributed by atoms with Gasteiger partial charge in [0.25, 0.3) is 0 Å². The smallest absolute Gasteiger partial charge is 0.408 e. The van der Waals surface area contributed by atoms with E-state index < -0.39 is 12.1 Å². The Bertz CT molecular complexity index is 596. The van der Waals surface area contributed by atoms with Gasteiger partial charge in [0.2, 0.25) is 0 Å². The van der Waals surface area contributed by atoms with Crippen LogP contribution < -0.4 is 5.32 Å². The fourth-order valence-electron chi connectivity index (χ4n) is 1.86. The highest BCUT2D eigenvalue weighted by molar-refractivity contribution is 5.68. The molecule has 4 nitrogen and oxygen atoms in total. The molecule has 0 aliphatic carbocycles. The zero-order valence-corrected chi connectivity index (χ0v) is 12.2. The molecule has 4 heteroatoms. The Hall–Kier alpha value is -2.59. The van der Waals surface area contributed by atoms with Gasteiger partial charge in [0.1, 0.15) is 6.61 Å². The first-order chi connectivity index (χ1) is 10.8. The van der Waals surface area contributed by atoms with Crippen molar-refractivity contribution >= 4 is 12.2 Å². The molecule has 0 saturated heterocycles. The monoisotopic (exact) mass is 297 g/mol. The minimum Gasteiger partial charge on any atom is -0.445 e. The predicted molar refractivity (Wildman–Crippen MR) is 86.1 cm³/mol. The van der Waals surface area contributed by atoms with E-state index in [1.54, 1.807) is 6.08 Å². The number of rotatable bonds is 6. The molecule has 0 aliphatic rings. The summed E-state index contributed by atoms with van der Waals surface area (Å²) >= 11 is 0. The van der Waals surface area contributed by atoms with Gasteiger partial charge in [-0.1, -0.05) is 72.8 Å². The van der Waals surface area contributed by atoms with Crippen molar-refractivity contribution < 1.29 is 14.6 Å². The third-order valence-corrected chi connectivity index (χ3v) is 3.03. The molecule has 114 valence electrons. The minimum absolute atomic E-state index is 0.191. The number of carbonyl (C=O) groups is 1. The second kappa shape index (κ2) is 8.64. The molecule has 0 radical (unpaired) electrons. The molecular weight excluding hydrogens is 278 g/mol. The summed E-state index contributed by atoms with van der Waals surface area (Å²) in [7, 11) is 0. The van der Waals surface area contributed by atoms with E-state index in [0.717, 1.165) is 11.1 Å². The number of benzene rings is 2. The molecular formula is C18H19NO3. The molecule has 1 amide bonds. The van der Waals surface area contributed by atoms with Crippen LogP contribution in [0.1, 0.15) is 11.1 Å². The first-order valence-electron chi connectivity index (χ1n) is 7.09. The highest BCUT2D eigenvalue weighted by atomic mass is 16.5. The second-order valence-electron chi connectivity index (χ2n) is 4.76. The predicted octanol–water partition coefficient (Wildman–Crippen LogP) is 2.99. The SMILES string of the molecule is O=C(N[C@H](/C=C/c1ccccc1)CO)OCc1ccccc1.